The van der Waals surface area contributed by atoms with Gasteiger partial charge in [-0.05, 0) is 36.7 Å². The third kappa shape index (κ3) is 3.40. The van der Waals surface area contributed by atoms with Gasteiger partial charge in [-0.15, -0.1) is 6.58 Å². The summed E-state index contributed by atoms with van der Waals surface area (Å²) in [6.45, 7) is 6.55. The van der Waals surface area contributed by atoms with Gasteiger partial charge in [-0.2, -0.15) is 0 Å². The SMILES string of the molecule is C=CCN1CC(C(=O)N2C(=O)OCC2Cc2ccccc2)C(C2CC2)C1. The third-order valence-electron chi connectivity index (χ3n) is 5.89. The van der Waals surface area contributed by atoms with Crippen LogP contribution in [0.15, 0.2) is 43.0 Å². The molecule has 138 valence electrons. The van der Waals surface area contributed by atoms with Gasteiger partial charge in [0.05, 0.1) is 12.0 Å². The van der Waals surface area contributed by atoms with E-state index in [-0.39, 0.29) is 24.5 Å². The van der Waals surface area contributed by atoms with Crippen LogP contribution < -0.4 is 0 Å². The molecule has 3 aliphatic rings. The lowest BCUT2D eigenvalue weighted by atomic mass is 9.90. The molecule has 2 aliphatic heterocycles. The molecular weight excluding hydrogens is 328 g/mol. The fourth-order valence-electron chi connectivity index (χ4n) is 4.45. The molecule has 1 aromatic carbocycles. The van der Waals surface area contributed by atoms with Gasteiger partial charge in [0.15, 0.2) is 0 Å². The van der Waals surface area contributed by atoms with Crippen molar-refractivity contribution in [2.75, 3.05) is 26.2 Å². The highest BCUT2D eigenvalue weighted by Gasteiger charge is 2.49. The van der Waals surface area contributed by atoms with Crippen molar-refractivity contribution in [2.24, 2.45) is 17.8 Å². The molecule has 2 saturated heterocycles. The monoisotopic (exact) mass is 354 g/mol. The van der Waals surface area contributed by atoms with E-state index in [4.69, 9.17) is 4.74 Å². The molecule has 1 saturated carbocycles. The van der Waals surface area contributed by atoms with E-state index in [9.17, 15) is 9.59 Å². The molecule has 0 N–H and O–H groups in total. The summed E-state index contributed by atoms with van der Waals surface area (Å²) in [7, 11) is 0. The highest BCUT2D eigenvalue weighted by Crippen LogP contribution is 2.44. The number of hydrogen-bond acceptors (Lipinski definition) is 4. The molecule has 0 aromatic heterocycles. The number of imide groups is 1. The van der Waals surface area contributed by atoms with Crippen LogP contribution in [-0.2, 0) is 16.0 Å². The van der Waals surface area contributed by atoms with Crippen LogP contribution in [0.25, 0.3) is 0 Å². The molecule has 5 heteroatoms. The zero-order valence-corrected chi connectivity index (χ0v) is 15.0. The lowest BCUT2D eigenvalue weighted by Crippen LogP contribution is -2.45. The summed E-state index contributed by atoms with van der Waals surface area (Å²) in [5.41, 5.74) is 1.12. The predicted octanol–water partition coefficient (Wildman–Crippen LogP) is 2.72. The summed E-state index contributed by atoms with van der Waals surface area (Å²) in [5.74, 6) is 0.835. The molecule has 0 spiro atoms. The Balaban J connectivity index is 1.50. The topological polar surface area (TPSA) is 49.9 Å². The van der Waals surface area contributed by atoms with Crippen LogP contribution in [0, 0.1) is 17.8 Å². The molecular formula is C21H26N2O3. The molecule has 3 atom stereocenters. The zero-order chi connectivity index (χ0) is 18.1. The summed E-state index contributed by atoms with van der Waals surface area (Å²) >= 11 is 0. The molecule has 26 heavy (non-hydrogen) atoms. The first-order valence-corrected chi connectivity index (χ1v) is 9.54. The molecule has 2 amide bonds. The second-order valence-corrected chi connectivity index (χ2v) is 7.74. The van der Waals surface area contributed by atoms with Gasteiger partial charge < -0.3 is 4.74 Å². The van der Waals surface area contributed by atoms with E-state index in [1.165, 1.54) is 17.7 Å². The number of amides is 2. The van der Waals surface area contributed by atoms with Crippen molar-refractivity contribution in [1.82, 2.24) is 9.80 Å². The Morgan fingerprint density at radius 2 is 2.00 bits per heavy atom. The summed E-state index contributed by atoms with van der Waals surface area (Å²) in [6, 6.07) is 9.78. The Labute approximate surface area is 154 Å². The van der Waals surface area contributed by atoms with Crippen molar-refractivity contribution in [2.45, 2.75) is 25.3 Å². The Morgan fingerprint density at radius 3 is 2.69 bits per heavy atom. The summed E-state index contributed by atoms with van der Waals surface area (Å²) in [6.07, 6.45) is 4.46. The van der Waals surface area contributed by atoms with Crippen LogP contribution >= 0.6 is 0 Å². The second-order valence-electron chi connectivity index (χ2n) is 7.74. The summed E-state index contributed by atoms with van der Waals surface area (Å²) in [4.78, 5) is 29.3. The van der Waals surface area contributed by atoms with Crippen molar-refractivity contribution in [3.8, 4) is 0 Å². The molecule has 2 heterocycles. The van der Waals surface area contributed by atoms with E-state index in [2.05, 4.69) is 11.5 Å². The van der Waals surface area contributed by atoms with Crippen LogP contribution in [0.4, 0.5) is 4.79 Å². The van der Waals surface area contributed by atoms with E-state index in [1.54, 1.807) is 0 Å². The fraction of sp³-hybridized carbons (Fsp3) is 0.524. The quantitative estimate of drug-likeness (QED) is 0.737. The molecule has 3 fully saturated rings. The maximum atomic E-state index is 13.3. The van der Waals surface area contributed by atoms with Gasteiger partial charge in [0.2, 0.25) is 5.91 Å². The van der Waals surface area contributed by atoms with Gasteiger partial charge in [0, 0.05) is 19.6 Å². The minimum Gasteiger partial charge on any atom is -0.447 e. The maximum Gasteiger partial charge on any atom is 0.416 e. The van der Waals surface area contributed by atoms with Gasteiger partial charge in [-0.3, -0.25) is 9.69 Å². The van der Waals surface area contributed by atoms with Gasteiger partial charge in [0.1, 0.15) is 6.61 Å². The van der Waals surface area contributed by atoms with E-state index in [0.717, 1.165) is 18.7 Å². The number of carbonyl (C=O) groups excluding carboxylic acids is 2. The van der Waals surface area contributed by atoms with Crippen molar-refractivity contribution in [3.63, 3.8) is 0 Å². The second kappa shape index (κ2) is 7.23. The third-order valence-corrected chi connectivity index (χ3v) is 5.89. The molecule has 1 aromatic rings. The van der Waals surface area contributed by atoms with Gasteiger partial charge in [0.25, 0.3) is 0 Å². The van der Waals surface area contributed by atoms with Gasteiger partial charge in [-0.25, -0.2) is 9.69 Å². The van der Waals surface area contributed by atoms with Crippen LogP contribution in [0.1, 0.15) is 18.4 Å². The molecule has 1 aliphatic carbocycles. The molecule has 3 unspecified atom stereocenters. The Bertz CT molecular complexity index is 686. The number of likely N-dealkylation sites (tertiary alicyclic amines) is 1. The minimum absolute atomic E-state index is 0.0445. The molecule has 0 radical (unpaired) electrons. The number of hydrogen-bond donors (Lipinski definition) is 0. The fourth-order valence-corrected chi connectivity index (χ4v) is 4.45. The number of ether oxygens (including phenoxy) is 1. The number of nitrogens with zero attached hydrogens (tertiary/aromatic N) is 2. The minimum atomic E-state index is -0.479. The Hall–Kier alpha value is -2.14. The number of benzene rings is 1. The van der Waals surface area contributed by atoms with Crippen LogP contribution in [0.2, 0.25) is 0 Å². The highest BCUT2D eigenvalue weighted by atomic mass is 16.6. The van der Waals surface area contributed by atoms with Crippen molar-refractivity contribution < 1.29 is 14.3 Å². The Kier molecular flexibility index (Phi) is 4.81. The van der Waals surface area contributed by atoms with Crippen LogP contribution in [0.3, 0.4) is 0 Å². The predicted molar refractivity (Wildman–Crippen MR) is 98.5 cm³/mol. The lowest BCUT2D eigenvalue weighted by molar-refractivity contribution is -0.134. The first-order valence-electron chi connectivity index (χ1n) is 9.54. The van der Waals surface area contributed by atoms with Gasteiger partial charge in [-0.1, -0.05) is 36.4 Å². The van der Waals surface area contributed by atoms with Gasteiger partial charge >= 0.3 is 6.09 Å². The number of carbonyl (C=O) groups is 2. The molecule has 5 nitrogen and oxygen atoms in total. The standard InChI is InChI=1S/C21H26N2O3/c1-2-10-22-12-18(16-8-9-16)19(13-22)20(24)23-17(14-26-21(23)25)11-15-6-4-3-5-7-15/h2-7,16-19H,1,8-14H2. The highest BCUT2D eigenvalue weighted by molar-refractivity contribution is 5.95. The number of rotatable bonds is 6. The van der Waals surface area contributed by atoms with Crippen molar-refractivity contribution in [1.29, 1.82) is 0 Å². The summed E-state index contributed by atoms with van der Waals surface area (Å²) < 4.78 is 5.25. The normalized spacial score (nSPS) is 29.0. The van der Waals surface area contributed by atoms with E-state index in [1.807, 2.05) is 36.4 Å². The van der Waals surface area contributed by atoms with Crippen molar-refractivity contribution >= 4 is 12.0 Å². The smallest absolute Gasteiger partial charge is 0.416 e. The van der Waals surface area contributed by atoms with Crippen molar-refractivity contribution in [3.05, 3.63) is 48.6 Å². The average Bonchev–Trinajstić information content (AvgIpc) is 3.31. The lowest BCUT2D eigenvalue weighted by Gasteiger charge is -2.25. The van der Waals surface area contributed by atoms with Crippen LogP contribution in [-0.4, -0.2) is 54.1 Å². The van der Waals surface area contributed by atoms with E-state index < -0.39 is 6.09 Å². The maximum absolute atomic E-state index is 13.3. The van der Waals surface area contributed by atoms with Crippen LogP contribution in [0.5, 0.6) is 0 Å². The van der Waals surface area contributed by atoms with E-state index >= 15 is 0 Å². The Morgan fingerprint density at radius 1 is 1.23 bits per heavy atom. The average molecular weight is 354 g/mol. The molecule has 0 bridgehead atoms. The first kappa shape index (κ1) is 17.3. The summed E-state index contributed by atoms with van der Waals surface area (Å²) in [5, 5.41) is 0. The number of cyclic esters (lactones) is 1. The van der Waals surface area contributed by atoms with E-state index in [0.29, 0.717) is 24.8 Å². The largest absolute Gasteiger partial charge is 0.447 e. The first-order chi connectivity index (χ1) is 12.7. The zero-order valence-electron chi connectivity index (χ0n) is 15.0. The molecule has 4 rings (SSSR count).